The molecule has 1 saturated carbocycles. The third-order valence-corrected chi connectivity index (χ3v) is 2.34. The zero-order valence-corrected chi connectivity index (χ0v) is 9.16. The van der Waals surface area contributed by atoms with E-state index in [2.05, 4.69) is 10.6 Å². The molecule has 5 heteroatoms. The van der Waals surface area contributed by atoms with Crippen LogP contribution >= 0.6 is 0 Å². The summed E-state index contributed by atoms with van der Waals surface area (Å²) in [5.41, 5.74) is 0. The van der Waals surface area contributed by atoms with Gasteiger partial charge in [-0.3, -0.25) is 4.79 Å². The number of ether oxygens (including phenoxy) is 1. The first kappa shape index (κ1) is 12.4. The van der Waals surface area contributed by atoms with Crippen molar-refractivity contribution in [3.8, 4) is 0 Å². The van der Waals surface area contributed by atoms with Crippen LogP contribution in [-0.4, -0.2) is 50.0 Å². The number of rotatable bonds is 8. The lowest BCUT2D eigenvalue weighted by Crippen LogP contribution is -2.43. The maximum Gasteiger partial charge on any atom is 0.234 e. The van der Waals surface area contributed by atoms with Gasteiger partial charge in [0.1, 0.15) is 0 Å². The van der Waals surface area contributed by atoms with Gasteiger partial charge in [-0.05, 0) is 19.3 Å². The SMILES string of the molecule is COCC(CCO)NC(=O)CNC1CC1. The average molecular weight is 216 g/mol. The van der Waals surface area contributed by atoms with Gasteiger partial charge in [-0.2, -0.15) is 0 Å². The van der Waals surface area contributed by atoms with E-state index in [4.69, 9.17) is 9.84 Å². The lowest BCUT2D eigenvalue weighted by Gasteiger charge is -2.16. The van der Waals surface area contributed by atoms with E-state index in [0.29, 0.717) is 25.6 Å². The van der Waals surface area contributed by atoms with Crippen LogP contribution in [0.1, 0.15) is 19.3 Å². The van der Waals surface area contributed by atoms with E-state index in [1.54, 1.807) is 7.11 Å². The summed E-state index contributed by atoms with van der Waals surface area (Å²) < 4.78 is 4.95. The number of hydrogen-bond acceptors (Lipinski definition) is 4. The molecule has 0 saturated heterocycles. The van der Waals surface area contributed by atoms with E-state index in [1.807, 2.05) is 0 Å². The predicted octanol–water partition coefficient (Wildman–Crippen LogP) is -0.748. The highest BCUT2D eigenvalue weighted by Crippen LogP contribution is 2.17. The summed E-state index contributed by atoms with van der Waals surface area (Å²) in [6.07, 6.45) is 2.87. The van der Waals surface area contributed by atoms with Crippen LogP contribution in [0.4, 0.5) is 0 Å². The molecule has 15 heavy (non-hydrogen) atoms. The topological polar surface area (TPSA) is 70.6 Å². The smallest absolute Gasteiger partial charge is 0.234 e. The van der Waals surface area contributed by atoms with Crippen LogP contribution in [0.2, 0.25) is 0 Å². The first-order valence-corrected chi connectivity index (χ1v) is 5.38. The van der Waals surface area contributed by atoms with E-state index < -0.39 is 0 Å². The molecule has 1 fully saturated rings. The van der Waals surface area contributed by atoms with Crippen LogP contribution in [0, 0.1) is 0 Å². The van der Waals surface area contributed by atoms with Crippen molar-refractivity contribution in [1.82, 2.24) is 10.6 Å². The molecule has 1 unspecified atom stereocenters. The van der Waals surface area contributed by atoms with Crippen molar-refractivity contribution >= 4 is 5.91 Å². The Balaban J connectivity index is 2.12. The fourth-order valence-electron chi connectivity index (χ4n) is 1.36. The second-order valence-corrected chi connectivity index (χ2v) is 3.89. The molecule has 0 heterocycles. The molecule has 1 aliphatic rings. The van der Waals surface area contributed by atoms with Crippen LogP contribution in [0.25, 0.3) is 0 Å². The normalized spacial score (nSPS) is 17.5. The highest BCUT2D eigenvalue weighted by Gasteiger charge is 2.21. The van der Waals surface area contributed by atoms with Gasteiger partial charge >= 0.3 is 0 Å². The van der Waals surface area contributed by atoms with Crippen molar-refractivity contribution < 1.29 is 14.6 Å². The van der Waals surface area contributed by atoms with Crippen molar-refractivity contribution in [1.29, 1.82) is 0 Å². The molecule has 0 radical (unpaired) electrons. The fraction of sp³-hybridized carbons (Fsp3) is 0.900. The number of methoxy groups -OCH3 is 1. The summed E-state index contributed by atoms with van der Waals surface area (Å²) in [4.78, 5) is 11.4. The van der Waals surface area contributed by atoms with Crippen molar-refractivity contribution in [3.63, 3.8) is 0 Å². The Kier molecular flexibility index (Phi) is 5.60. The van der Waals surface area contributed by atoms with Crippen molar-refractivity contribution in [2.45, 2.75) is 31.3 Å². The van der Waals surface area contributed by atoms with E-state index >= 15 is 0 Å². The first-order chi connectivity index (χ1) is 7.26. The quantitative estimate of drug-likeness (QED) is 0.499. The minimum atomic E-state index is -0.0893. The molecule has 0 bridgehead atoms. The average Bonchev–Trinajstić information content (AvgIpc) is 2.99. The van der Waals surface area contributed by atoms with Crippen molar-refractivity contribution in [2.24, 2.45) is 0 Å². The molecule has 1 rings (SSSR count). The third-order valence-electron chi connectivity index (χ3n) is 2.34. The van der Waals surface area contributed by atoms with Crippen LogP contribution in [0.3, 0.4) is 0 Å². The summed E-state index contributed by atoms with van der Waals surface area (Å²) in [5, 5.41) is 14.7. The molecule has 88 valence electrons. The third kappa shape index (κ3) is 5.71. The molecule has 1 atom stereocenters. The Labute approximate surface area is 90.2 Å². The monoisotopic (exact) mass is 216 g/mol. The van der Waals surface area contributed by atoms with Gasteiger partial charge in [0.25, 0.3) is 0 Å². The number of amides is 1. The van der Waals surface area contributed by atoms with Gasteiger partial charge in [0.15, 0.2) is 0 Å². The number of aliphatic hydroxyl groups is 1. The molecule has 0 aromatic carbocycles. The highest BCUT2D eigenvalue weighted by molar-refractivity contribution is 5.78. The van der Waals surface area contributed by atoms with E-state index in [9.17, 15) is 4.79 Å². The van der Waals surface area contributed by atoms with E-state index in [1.165, 1.54) is 12.8 Å². The Morgan fingerprint density at radius 3 is 2.87 bits per heavy atom. The number of hydrogen-bond donors (Lipinski definition) is 3. The van der Waals surface area contributed by atoms with E-state index in [-0.39, 0.29) is 18.6 Å². The number of nitrogens with one attached hydrogen (secondary N) is 2. The van der Waals surface area contributed by atoms with Gasteiger partial charge in [-0.25, -0.2) is 0 Å². The zero-order chi connectivity index (χ0) is 11.1. The Bertz CT molecular complexity index is 189. The Hall–Kier alpha value is -0.650. The molecular formula is C10H20N2O3. The molecule has 3 N–H and O–H groups in total. The lowest BCUT2D eigenvalue weighted by atomic mass is 10.2. The summed E-state index contributed by atoms with van der Waals surface area (Å²) >= 11 is 0. The minimum absolute atomic E-state index is 0.0302. The standard InChI is InChI=1S/C10H20N2O3/c1-15-7-9(4-5-13)12-10(14)6-11-8-2-3-8/h8-9,11,13H,2-7H2,1H3,(H,12,14). The van der Waals surface area contributed by atoms with Crippen LogP contribution in [0.5, 0.6) is 0 Å². The first-order valence-electron chi connectivity index (χ1n) is 5.38. The lowest BCUT2D eigenvalue weighted by molar-refractivity contribution is -0.121. The summed E-state index contributed by atoms with van der Waals surface area (Å²) in [6, 6.07) is 0.447. The van der Waals surface area contributed by atoms with Crippen LogP contribution in [0.15, 0.2) is 0 Å². The van der Waals surface area contributed by atoms with Gasteiger partial charge in [0.2, 0.25) is 5.91 Å². The largest absolute Gasteiger partial charge is 0.396 e. The number of carbonyl (C=O) groups is 1. The number of carbonyl (C=O) groups excluding carboxylic acids is 1. The molecule has 5 nitrogen and oxygen atoms in total. The van der Waals surface area contributed by atoms with Crippen LogP contribution < -0.4 is 10.6 Å². The molecule has 0 aromatic heterocycles. The second kappa shape index (κ2) is 6.76. The second-order valence-electron chi connectivity index (χ2n) is 3.89. The predicted molar refractivity (Wildman–Crippen MR) is 56.5 cm³/mol. The van der Waals surface area contributed by atoms with E-state index in [0.717, 1.165) is 0 Å². The van der Waals surface area contributed by atoms with Crippen LogP contribution in [-0.2, 0) is 9.53 Å². The maximum atomic E-state index is 11.4. The molecule has 1 amide bonds. The Morgan fingerprint density at radius 1 is 1.60 bits per heavy atom. The number of aliphatic hydroxyl groups excluding tert-OH is 1. The molecule has 0 aromatic rings. The molecular weight excluding hydrogens is 196 g/mol. The summed E-state index contributed by atoms with van der Waals surface area (Å²) in [5.74, 6) is -0.0302. The van der Waals surface area contributed by atoms with Crippen molar-refractivity contribution in [2.75, 3.05) is 26.9 Å². The fourth-order valence-corrected chi connectivity index (χ4v) is 1.36. The molecule has 1 aliphatic carbocycles. The zero-order valence-electron chi connectivity index (χ0n) is 9.16. The minimum Gasteiger partial charge on any atom is -0.396 e. The summed E-state index contributed by atoms with van der Waals surface area (Å²) in [6.45, 7) is 0.858. The van der Waals surface area contributed by atoms with Gasteiger partial charge < -0.3 is 20.5 Å². The molecule has 0 aliphatic heterocycles. The highest BCUT2D eigenvalue weighted by atomic mass is 16.5. The van der Waals surface area contributed by atoms with Gasteiger partial charge in [-0.15, -0.1) is 0 Å². The maximum absolute atomic E-state index is 11.4. The van der Waals surface area contributed by atoms with Crippen molar-refractivity contribution in [3.05, 3.63) is 0 Å². The van der Waals surface area contributed by atoms with Gasteiger partial charge in [0.05, 0.1) is 19.2 Å². The van der Waals surface area contributed by atoms with Gasteiger partial charge in [-0.1, -0.05) is 0 Å². The molecule has 0 spiro atoms. The van der Waals surface area contributed by atoms with Gasteiger partial charge in [0, 0.05) is 19.8 Å². The Morgan fingerprint density at radius 2 is 2.33 bits per heavy atom. The summed E-state index contributed by atoms with van der Waals surface area (Å²) in [7, 11) is 1.58.